The maximum Gasteiger partial charge on any atom is 0.294 e. The molecule has 0 atom stereocenters. The number of nitrogens with two attached hydrogens (primary N) is 1. The molecule has 3 heterocycles. The van der Waals surface area contributed by atoms with E-state index < -0.39 is 5.91 Å². The summed E-state index contributed by atoms with van der Waals surface area (Å²) < 4.78 is 11.5. The number of amides is 1. The highest BCUT2D eigenvalue weighted by molar-refractivity contribution is 5.94. The van der Waals surface area contributed by atoms with E-state index in [1.54, 1.807) is 0 Å². The molecule has 0 aromatic carbocycles. The zero-order valence-electron chi connectivity index (χ0n) is 16.3. The van der Waals surface area contributed by atoms with Crippen molar-refractivity contribution in [2.24, 2.45) is 5.10 Å². The monoisotopic (exact) mass is 404 g/mol. The molecule has 4 rings (SSSR count). The average molecular weight is 404 g/mol. The number of quaternary nitrogens is 1. The predicted molar refractivity (Wildman–Crippen MR) is 101 cm³/mol. The van der Waals surface area contributed by atoms with E-state index in [0.717, 1.165) is 44.5 Å². The van der Waals surface area contributed by atoms with Crippen LogP contribution in [0.4, 0.5) is 5.82 Å². The number of rotatable bonds is 5. The van der Waals surface area contributed by atoms with E-state index in [2.05, 4.69) is 31.2 Å². The van der Waals surface area contributed by atoms with E-state index in [9.17, 15) is 4.79 Å². The van der Waals surface area contributed by atoms with Crippen molar-refractivity contribution in [1.82, 2.24) is 30.7 Å². The quantitative estimate of drug-likeness (QED) is 0.428. The number of nitrogen functional groups attached to an aromatic ring is 1. The average Bonchev–Trinajstić information content (AvgIpc) is 3.24. The fourth-order valence-electron chi connectivity index (χ4n) is 3.65. The highest BCUT2D eigenvalue weighted by atomic mass is 16.6. The molecule has 156 valence electrons. The van der Waals surface area contributed by atoms with Gasteiger partial charge in [0.1, 0.15) is 25.3 Å². The first-order chi connectivity index (χ1) is 14.2. The van der Waals surface area contributed by atoms with Crippen LogP contribution in [-0.2, 0) is 11.3 Å². The highest BCUT2D eigenvalue weighted by Gasteiger charge is 2.28. The van der Waals surface area contributed by atoms with E-state index in [4.69, 9.17) is 15.1 Å². The maximum absolute atomic E-state index is 12.8. The molecule has 2 aromatic rings. The van der Waals surface area contributed by atoms with Crippen molar-refractivity contribution >= 4 is 17.4 Å². The molecule has 1 saturated heterocycles. The van der Waals surface area contributed by atoms with Crippen molar-refractivity contribution in [2.45, 2.75) is 45.1 Å². The predicted octanol–water partition coefficient (Wildman–Crippen LogP) is -0.912. The number of hydrogen-bond donors (Lipinski definition) is 3. The highest BCUT2D eigenvalue weighted by Crippen LogP contribution is 2.16. The minimum atomic E-state index is -0.398. The second kappa shape index (κ2) is 9.09. The van der Waals surface area contributed by atoms with Gasteiger partial charge in [-0.25, -0.2) is 10.1 Å². The summed E-state index contributed by atoms with van der Waals surface area (Å²) in [5, 5.41) is 19.9. The Balaban J connectivity index is 1.58. The molecule has 1 aliphatic carbocycles. The van der Waals surface area contributed by atoms with Gasteiger partial charge in [-0.1, -0.05) is 18.1 Å². The third-order valence-corrected chi connectivity index (χ3v) is 5.29. The summed E-state index contributed by atoms with van der Waals surface area (Å²) in [5.41, 5.74) is 10.3. The van der Waals surface area contributed by atoms with Crippen molar-refractivity contribution in [1.29, 1.82) is 0 Å². The molecule has 2 fully saturated rings. The summed E-state index contributed by atoms with van der Waals surface area (Å²) in [6.45, 7) is 3.49. The van der Waals surface area contributed by atoms with Gasteiger partial charge in [-0.3, -0.25) is 4.79 Å². The first kappa shape index (κ1) is 19.5. The molecule has 1 saturated carbocycles. The smallest absolute Gasteiger partial charge is 0.294 e. The number of ether oxygens (including phenoxy) is 1. The first-order valence-electron chi connectivity index (χ1n) is 10.0. The van der Waals surface area contributed by atoms with Crippen LogP contribution < -0.4 is 16.1 Å². The van der Waals surface area contributed by atoms with E-state index in [1.165, 1.54) is 22.4 Å². The van der Waals surface area contributed by atoms with E-state index >= 15 is 0 Å². The van der Waals surface area contributed by atoms with Gasteiger partial charge in [0.2, 0.25) is 11.6 Å². The maximum atomic E-state index is 12.8. The summed E-state index contributed by atoms with van der Waals surface area (Å²) >= 11 is 0. The molecule has 12 nitrogen and oxygen atoms in total. The van der Waals surface area contributed by atoms with Gasteiger partial charge in [0.25, 0.3) is 5.91 Å². The number of nitrogens with one attached hydrogen (secondary N) is 2. The third-order valence-electron chi connectivity index (χ3n) is 5.29. The molecule has 2 aromatic heterocycles. The molecule has 4 N–H and O–H groups in total. The van der Waals surface area contributed by atoms with Crippen LogP contribution in [0.25, 0.3) is 5.82 Å². The first-order valence-corrected chi connectivity index (χ1v) is 10.0. The molecule has 0 radical (unpaired) electrons. The van der Waals surface area contributed by atoms with Crippen molar-refractivity contribution in [3.63, 3.8) is 0 Å². The Morgan fingerprint density at radius 1 is 1.17 bits per heavy atom. The number of hydrazone groups is 1. The lowest BCUT2D eigenvalue weighted by Gasteiger charge is -2.23. The van der Waals surface area contributed by atoms with E-state index in [-0.39, 0.29) is 17.3 Å². The molecule has 12 heteroatoms. The second-order valence-electron chi connectivity index (χ2n) is 7.34. The summed E-state index contributed by atoms with van der Waals surface area (Å²) in [5.74, 6) is -0.0984. The molecular formula is C17H26N9O3+. The summed E-state index contributed by atoms with van der Waals surface area (Å²) in [6, 6.07) is 0. The van der Waals surface area contributed by atoms with Crippen molar-refractivity contribution in [3.05, 3.63) is 11.4 Å². The molecule has 1 amide bonds. The lowest BCUT2D eigenvalue weighted by atomic mass is 10.2. The molecule has 0 bridgehead atoms. The second-order valence-corrected chi connectivity index (χ2v) is 7.34. The largest absolute Gasteiger partial charge is 0.378 e. The number of anilines is 1. The molecule has 0 spiro atoms. The number of carbonyl (C=O) groups is 1. The fraction of sp³-hybridized carbons (Fsp3) is 0.647. The number of aromatic nitrogens is 5. The Hall–Kier alpha value is -2.86. The van der Waals surface area contributed by atoms with Gasteiger partial charge >= 0.3 is 0 Å². The Morgan fingerprint density at radius 2 is 1.93 bits per heavy atom. The standard InChI is InChI=1S/C17H25N9O3/c18-15-16(23-29-22-15)26-13(11-25-7-9-28-10-8-25)14(20-24-26)17(27)21-19-12-5-3-1-2-4-6-12/h1-11H2,(H2,18,22)(H,21,27)/p+1. The van der Waals surface area contributed by atoms with E-state index in [1.807, 2.05) is 0 Å². The fourth-order valence-corrected chi connectivity index (χ4v) is 3.65. The van der Waals surface area contributed by atoms with Crippen LogP contribution >= 0.6 is 0 Å². The van der Waals surface area contributed by atoms with Crippen molar-refractivity contribution < 1.29 is 19.1 Å². The molecule has 2 aliphatic rings. The Kier molecular flexibility index (Phi) is 6.10. The molecule has 0 unspecified atom stereocenters. The van der Waals surface area contributed by atoms with Crippen molar-refractivity contribution in [3.8, 4) is 5.82 Å². The Labute approximate surface area is 167 Å². The van der Waals surface area contributed by atoms with Crippen LogP contribution in [0.1, 0.15) is 54.7 Å². The van der Waals surface area contributed by atoms with Gasteiger partial charge in [0, 0.05) is 5.71 Å². The van der Waals surface area contributed by atoms with Gasteiger partial charge in [0.15, 0.2) is 5.69 Å². The van der Waals surface area contributed by atoms with Gasteiger partial charge in [0.05, 0.1) is 13.2 Å². The number of nitrogens with zero attached hydrogens (tertiary/aromatic N) is 6. The van der Waals surface area contributed by atoms with Crippen LogP contribution in [0.2, 0.25) is 0 Å². The van der Waals surface area contributed by atoms with Crippen LogP contribution in [-0.4, -0.2) is 63.2 Å². The zero-order chi connectivity index (χ0) is 20.1. The number of hydrogen-bond acceptors (Lipinski definition) is 9. The van der Waals surface area contributed by atoms with Crippen LogP contribution in [0.15, 0.2) is 9.73 Å². The van der Waals surface area contributed by atoms with Gasteiger partial charge in [-0.15, -0.1) is 5.10 Å². The van der Waals surface area contributed by atoms with Gasteiger partial charge in [-0.05, 0) is 36.0 Å². The zero-order valence-corrected chi connectivity index (χ0v) is 16.3. The lowest BCUT2D eigenvalue weighted by Crippen LogP contribution is -3.12. The molecule has 1 aliphatic heterocycles. The SMILES string of the molecule is Nc1nonc1-n1nnc(C(=O)NN=C2CCCCCC2)c1C[NH+]1CCOCC1. The number of morpholine rings is 1. The Bertz CT molecular complexity index is 859. The minimum Gasteiger partial charge on any atom is -0.378 e. The van der Waals surface area contributed by atoms with Crippen LogP contribution in [0, 0.1) is 0 Å². The van der Waals surface area contributed by atoms with E-state index in [0.29, 0.717) is 25.5 Å². The third kappa shape index (κ3) is 4.59. The lowest BCUT2D eigenvalue weighted by molar-refractivity contribution is -0.921. The van der Waals surface area contributed by atoms with Crippen molar-refractivity contribution in [2.75, 3.05) is 32.0 Å². The summed E-state index contributed by atoms with van der Waals surface area (Å²) in [7, 11) is 0. The summed E-state index contributed by atoms with van der Waals surface area (Å²) in [4.78, 5) is 14.1. The number of carbonyl (C=O) groups excluding carboxylic acids is 1. The minimum absolute atomic E-state index is 0.0822. The van der Waals surface area contributed by atoms with Gasteiger partial charge < -0.3 is 15.4 Å². The molecular weight excluding hydrogens is 378 g/mol. The van der Waals surface area contributed by atoms with Crippen LogP contribution in [0.3, 0.4) is 0 Å². The summed E-state index contributed by atoms with van der Waals surface area (Å²) in [6.07, 6.45) is 6.46. The topological polar surface area (TPSA) is 151 Å². The van der Waals surface area contributed by atoms with Gasteiger partial charge in [-0.2, -0.15) is 9.78 Å². The molecule has 29 heavy (non-hydrogen) atoms. The normalized spacial score (nSPS) is 18.4. The van der Waals surface area contributed by atoms with Crippen LogP contribution in [0.5, 0.6) is 0 Å². The Morgan fingerprint density at radius 3 is 2.62 bits per heavy atom.